The van der Waals surface area contributed by atoms with E-state index in [0.717, 1.165) is 34.6 Å². The minimum absolute atomic E-state index is 0.00172. The first-order valence-electron chi connectivity index (χ1n) is 10.8. The Morgan fingerprint density at radius 2 is 1.75 bits per heavy atom. The maximum Gasteiger partial charge on any atom is 0.348 e. The Bertz CT molecular complexity index is 1200. The molecule has 4 rings (SSSR count). The van der Waals surface area contributed by atoms with Gasteiger partial charge in [0.2, 0.25) is 5.91 Å². The van der Waals surface area contributed by atoms with Crippen LogP contribution in [0.5, 0.6) is 0 Å². The van der Waals surface area contributed by atoms with E-state index in [1.165, 1.54) is 16.7 Å². The number of halogens is 1. The second-order valence-electron chi connectivity index (χ2n) is 8.58. The van der Waals surface area contributed by atoms with Crippen LogP contribution in [0.3, 0.4) is 0 Å². The van der Waals surface area contributed by atoms with Crippen LogP contribution in [0, 0.1) is 26.6 Å². The van der Waals surface area contributed by atoms with Gasteiger partial charge >= 0.3 is 5.69 Å². The van der Waals surface area contributed by atoms with Crippen molar-refractivity contribution in [2.24, 2.45) is 0 Å². The van der Waals surface area contributed by atoms with Gasteiger partial charge in [-0.25, -0.2) is 9.18 Å². The molecule has 2 aromatic heterocycles. The number of aryl methyl sites for hydroxylation is 3. The lowest BCUT2D eigenvalue weighted by Gasteiger charge is -2.18. The highest BCUT2D eigenvalue weighted by atomic mass is 19.1. The van der Waals surface area contributed by atoms with Crippen LogP contribution in [-0.4, -0.2) is 38.4 Å². The van der Waals surface area contributed by atoms with Crippen molar-refractivity contribution in [1.82, 2.24) is 19.4 Å². The predicted molar refractivity (Wildman–Crippen MR) is 120 cm³/mol. The van der Waals surface area contributed by atoms with Crippen LogP contribution < -0.4 is 5.69 Å². The van der Waals surface area contributed by atoms with Gasteiger partial charge in [0, 0.05) is 41.8 Å². The molecule has 1 aromatic carbocycles. The van der Waals surface area contributed by atoms with Crippen molar-refractivity contribution in [2.45, 2.75) is 46.1 Å². The number of rotatable bonds is 5. The van der Waals surface area contributed by atoms with Gasteiger partial charge < -0.3 is 4.90 Å². The average molecular weight is 435 g/mol. The van der Waals surface area contributed by atoms with Crippen molar-refractivity contribution in [1.29, 1.82) is 0 Å². The van der Waals surface area contributed by atoms with Crippen LogP contribution in [0.25, 0.3) is 0 Å². The zero-order valence-corrected chi connectivity index (χ0v) is 18.6. The van der Waals surface area contributed by atoms with Gasteiger partial charge in [0.15, 0.2) is 0 Å². The van der Waals surface area contributed by atoms with Gasteiger partial charge in [-0.1, -0.05) is 12.1 Å². The summed E-state index contributed by atoms with van der Waals surface area (Å²) in [6, 6.07) is 12.5. The van der Waals surface area contributed by atoms with E-state index in [-0.39, 0.29) is 24.2 Å². The lowest BCUT2D eigenvalue weighted by atomic mass is 9.98. The molecule has 32 heavy (non-hydrogen) atoms. The number of hydrogen-bond donors (Lipinski definition) is 0. The maximum absolute atomic E-state index is 13.2. The lowest BCUT2D eigenvalue weighted by Crippen LogP contribution is -2.36. The summed E-state index contributed by atoms with van der Waals surface area (Å²) in [6.07, 6.45) is 1.53. The molecule has 1 aliphatic rings. The minimum atomic E-state index is -0.391. The number of benzene rings is 1. The third kappa shape index (κ3) is 4.93. The van der Waals surface area contributed by atoms with Crippen LogP contribution in [0.15, 0.2) is 47.3 Å². The number of carbonyl (C=O) groups is 1. The van der Waals surface area contributed by atoms with Gasteiger partial charge in [-0.15, -0.1) is 0 Å². The number of nitrogens with zero attached hydrogens (tertiary/aromatic N) is 4. The summed E-state index contributed by atoms with van der Waals surface area (Å²) in [6.45, 7) is 6.77. The third-order valence-corrected chi connectivity index (χ3v) is 5.95. The topological polar surface area (TPSA) is 68.1 Å². The van der Waals surface area contributed by atoms with E-state index in [4.69, 9.17) is 4.98 Å². The Hall–Kier alpha value is -3.35. The quantitative estimate of drug-likeness (QED) is 0.618. The Labute approximate surface area is 186 Å². The zero-order chi connectivity index (χ0) is 22.8. The summed E-state index contributed by atoms with van der Waals surface area (Å²) in [5.41, 5.74) is 5.06. The number of pyridine rings is 1. The fourth-order valence-corrected chi connectivity index (χ4v) is 4.35. The molecular weight excluding hydrogens is 407 g/mol. The molecule has 0 bridgehead atoms. The van der Waals surface area contributed by atoms with Gasteiger partial charge in [-0.3, -0.25) is 14.3 Å². The van der Waals surface area contributed by atoms with Gasteiger partial charge in [0.05, 0.1) is 0 Å². The standard InChI is InChI=1S/C25H27FN4O2/c1-16-10-18(3)30(25(32)28-16)15-24(31)29-9-8-21(14-29)23-13-20(11-17(2)27-23)12-19-4-6-22(26)7-5-19/h4-7,10-11,13,21H,8-9,12,14-15H2,1-3H3/t21-/m1/s1. The smallest absolute Gasteiger partial charge is 0.340 e. The average Bonchev–Trinajstić information content (AvgIpc) is 3.22. The summed E-state index contributed by atoms with van der Waals surface area (Å²) in [7, 11) is 0. The summed E-state index contributed by atoms with van der Waals surface area (Å²) in [4.78, 5) is 35.5. The van der Waals surface area contributed by atoms with Crippen molar-refractivity contribution in [3.63, 3.8) is 0 Å². The van der Waals surface area contributed by atoms with Gasteiger partial charge in [0.25, 0.3) is 0 Å². The molecule has 1 aliphatic heterocycles. The molecule has 0 spiro atoms. The molecular formula is C25H27FN4O2. The SMILES string of the molecule is Cc1cc(Cc2ccc(F)cc2)cc([C@@H]2CCN(C(=O)Cn3c(C)cc(C)nc3=O)C2)n1. The van der Waals surface area contributed by atoms with E-state index >= 15 is 0 Å². The molecule has 0 aliphatic carbocycles. The number of hydrogen-bond acceptors (Lipinski definition) is 4. The summed E-state index contributed by atoms with van der Waals surface area (Å²) in [5.74, 6) is -0.169. The number of amides is 1. The molecule has 1 fully saturated rings. The molecule has 0 saturated carbocycles. The molecule has 3 heterocycles. The molecule has 0 radical (unpaired) electrons. The van der Waals surface area contributed by atoms with Crippen molar-refractivity contribution in [3.8, 4) is 0 Å². The molecule has 0 unspecified atom stereocenters. The predicted octanol–water partition coefficient (Wildman–Crippen LogP) is 3.31. The summed E-state index contributed by atoms with van der Waals surface area (Å²) >= 11 is 0. The van der Waals surface area contributed by atoms with Gasteiger partial charge in [-0.2, -0.15) is 4.98 Å². The first-order valence-corrected chi connectivity index (χ1v) is 10.8. The van der Waals surface area contributed by atoms with E-state index in [1.54, 1.807) is 30.0 Å². The first-order chi connectivity index (χ1) is 15.3. The van der Waals surface area contributed by atoms with Crippen molar-refractivity contribution in [3.05, 3.63) is 92.7 Å². The molecule has 6 nitrogen and oxygen atoms in total. The second-order valence-corrected chi connectivity index (χ2v) is 8.58. The van der Waals surface area contributed by atoms with Gasteiger partial charge in [-0.05, 0) is 75.1 Å². The third-order valence-electron chi connectivity index (χ3n) is 5.95. The minimum Gasteiger partial charge on any atom is -0.340 e. The molecule has 1 saturated heterocycles. The van der Waals surface area contributed by atoms with E-state index < -0.39 is 5.69 Å². The van der Waals surface area contributed by atoms with Crippen LogP contribution in [-0.2, 0) is 17.8 Å². The normalized spacial score (nSPS) is 15.9. The Kier molecular flexibility index (Phi) is 6.17. The highest BCUT2D eigenvalue weighted by molar-refractivity contribution is 5.76. The van der Waals surface area contributed by atoms with Crippen LogP contribution in [0.1, 0.15) is 46.2 Å². The summed E-state index contributed by atoms with van der Waals surface area (Å²) < 4.78 is 14.6. The van der Waals surface area contributed by atoms with Crippen molar-refractivity contribution >= 4 is 5.91 Å². The van der Waals surface area contributed by atoms with E-state index in [2.05, 4.69) is 11.1 Å². The molecule has 7 heteroatoms. The molecule has 3 aromatic rings. The fourth-order valence-electron chi connectivity index (χ4n) is 4.35. The number of aromatic nitrogens is 3. The van der Waals surface area contributed by atoms with Crippen molar-refractivity contribution < 1.29 is 9.18 Å². The highest BCUT2D eigenvalue weighted by Gasteiger charge is 2.29. The lowest BCUT2D eigenvalue weighted by molar-refractivity contribution is -0.130. The molecule has 1 atom stereocenters. The Morgan fingerprint density at radius 3 is 2.47 bits per heavy atom. The van der Waals surface area contributed by atoms with E-state index in [9.17, 15) is 14.0 Å². The Balaban J connectivity index is 1.46. The van der Waals surface area contributed by atoms with Crippen LogP contribution in [0.2, 0.25) is 0 Å². The maximum atomic E-state index is 13.2. The highest BCUT2D eigenvalue weighted by Crippen LogP contribution is 2.27. The van der Waals surface area contributed by atoms with Crippen LogP contribution in [0.4, 0.5) is 4.39 Å². The first kappa shape index (κ1) is 21.9. The van der Waals surface area contributed by atoms with Crippen LogP contribution >= 0.6 is 0 Å². The Morgan fingerprint density at radius 1 is 1.03 bits per heavy atom. The largest absolute Gasteiger partial charge is 0.348 e. The fraction of sp³-hybridized carbons (Fsp3) is 0.360. The van der Waals surface area contributed by atoms with E-state index in [0.29, 0.717) is 25.2 Å². The zero-order valence-electron chi connectivity index (χ0n) is 18.6. The molecule has 0 N–H and O–H groups in total. The van der Waals surface area contributed by atoms with E-state index in [1.807, 2.05) is 19.9 Å². The number of carbonyl (C=O) groups excluding carboxylic acids is 1. The van der Waals surface area contributed by atoms with Crippen molar-refractivity contribution in [2.75, 3.05) is 13.1 Å². The van der Waals surface area contributed by atoms with Gasteiger partial charge in [0.1, 0.15) is 12.4 Å². The molecule has 1 amide bonds. The molecule has 166 valence electrons. The summed E-state index contributed by atoms with van der Waals surface area (Å²) in [5, 5.41) is 0. The number of likely N-dealkylation sites (tertiary alicyclic amines) is 1. The monoisotopic (exact) mass is 434 g/mol. The second kappa shape index (κ2) is 9.02.